The molecule has 0 aliphatic heterocycles. The summed E-state index contributed by atoms with van der Waals surface area (Å²) >= 11 is 1.54. The van der Waals surface area contributed by atoms with E-state index < -0.39 is 17.0 Å². The van der Waals surface area contributed by atoms with E-state index in [-0.39, 0.29) is 34.4 Å². The molecule has 0 aliphatic rings. The number of amides is 1. The highest BCUT2D eigenvalue weighted by molar-refractivity contribution is 7.10. The maximum Gasteiger partial charge on any atom is 0.288 e. The lowest BCUT2D eigenvalue weighted by Gasteiger charge is -2.19. The standard InChI is InChI=1S/C20H23N5O4S/c1-4-12(14-9-6-10-30-14)21-15-16(19(28)24-23-18(15)27)22-13-8-5-7-11(17(13)26)20(29)25(2)3/h5-10,12,26H,4H2,1-3H3,(H2,21,24,28)(H2,22,23,27). The monoisotopic (exact) mass is 429 g/mol. The third-order valence-electron chi connectivity index (χ3n) is 4.54. The minimum absolute atomic E-state index is 0.0442. The normalized spacial score (nSPS) is 11.7. The van der Waals surface area contributed by atoms with Crippen LogP contribution in [0.1, 0.15) is 34.6 Å². The molecule has 2 aromatic heterocycles. The summed E-state index contributed by atoms with van der Waals surface area (Å²) in [5, 5.41) is 23.0. The molecule has 2 heterocycles. The molecule has 1 atom stereocenters. The van der Waals surface area contributed by atoms with Crippen molar-refractivity contribution in [2.24, 2.45) is 0 Å². The Balaban J connectivity index is 2.03. The van der Waals surface area contributed by atoms with Crippen LogP contribution in [-0.4, -0.2) is 40.2 Å². The van der Waals surface area contributed by atoms with E-state index in [0.29, 0.717) is 6.42 Å². The van der Waals surface area contributed by atoms with Gasteiger partial charge in [0.2, 0.25) is 0 Å². The van der Waals surface area contributed by atoms with Crippen molar-refractivity contribution in [2.75, 3.05) is 24.7 Å². The third-order valence-corrected chi connectivity index (χ3v) is 5.53. The number of carbonyl (C=O) groups is 1. The number of aromatic nitrogens is 2. The predicted molar refractivity (Wildman–Crippen MR) is 118 cm³/mol. The van der Waals surface area contributed by atoms with Crippen LogP contribution in [0.25, 0.3) is 0 Å². The van der Waals surface area contributed by atoms with Gasteiger partial charge in [0, 0.05) is 19.0 Å². The van der Waals surface area contributed by atoms with Gasteiger partial charge >= 0.3 is 0 Å². The van der Waals surface area contributed by atoms with Crippen molar-refractivity contribution in [3.8, 4) is 5.75 Å². The molecule has 1 amide bonds. The first-order valence-corrected chi connectivity index (χ1v) is 10.2. The Morgan fingerprint density at radius 1 is 1.13 bits per heavy atom. The second-order valence-electron chi connectivity index (χ2n) is 6.81. The van der Waals surface area contributed by atoms with Gasteiger partial charge in [-0.2, -0.15) is 0 Å². The Labute approximate surface area is 176 Å². The lowest BCUT2D eigenvalue weighted by Crippen LogP contribution is -2.27. The summed E-state index contributed by atoms with van der Waals surface area (Å²) in [6.45, 7) is 1.97. The number of nitrogens with one attached hydrogen (secondary N) is 4. The highest BCUT2D eigenvalue weighted by Gasteiger charge is 2.21. The molecule has 0 bridgehead atoms. The van der Waals surface area contributed by atoms with Crippen molar-refractivity contribution in [1.82, 2.24) is 15.1 Å². The number of nitrogens with zero attached hydrogens (tertiary/aromatic N) is 1. The summed E-state index contributed by atoms with van der Waals surface area (Å²) < 4.78 is 0. The maximum absolute atomic E-state index is 12.5. The largest absolute Gasteiger partial charge is 0.505 e. The predicted octanol–water partition coefficient (Wildman–Crippen LogP) is 2.84. The van der Waals surface area contributed by atoms with Crippen molar-refractivity contribution in [1.29, 1.82) is 0 Å². The van der Waals surface area contributed by atoms with Crippen LogP contribution in [0.4, 0.5) is 17.1 Å². The van der Waals surface area contributed by atoms with E-state index in [1.807, 2.05) is 24.4 Å². The molecule has 3 rings (SSSR count). The first-order chi connectivity index (χ1) is 14.3. The molecule has 0 radical (unpaired) electrons. The molecular weight excluding hydrogens is 406 g/mol. The number of aromatic hydroxyl groups is 1. The minimum Gasteiger partial charge on any atom is -0.505 e. The van der Waals surface area contributed by atoms with E-state index in [0.717, 1.165) is 4.88 Å². The van der Waals surface area contributed by atoms with Gasteiger partial charge in [0.25, 0.3) is 17.0 Å². The van der Waals surface area contributed by atoms with Gasteiger partial charge in [0.1, 0.15) is 11.4 Å². The quantitative estimate of drug-likeness (QED) is 0.367. The fourth-order valence-electron chi connectivity index (χ4n) is 2.95. The molecule has 0 spiro atoms. The van der Waals surface area contributed by atoms with Crippen molar-refractivity contribution < 1.29 is 9.90 Å². The van der Waals surface area contributed by atoms with Gasteiger partial charge in [-0.05, 0) is 30.0 Å². The summed E-state index contributed by atoms with van der Waals surface area (Å²) in [6, 6.07) is 8.26. The zero-order valence-corrected chi connectivity index (χ0v) is 17.6. The van der Waals surface area contributed by atoms with Gasteiger partial charge in [0.05, 0.1) is 17.3 Å². The van der Waals surface area contributed by atoms with Gasteiger partial charge in [-0.15, -0.1) is 11.3 Å². The van der Waals surface area contributed by atoms with Gasteiger partial charge in [-0.25, -0.2) is 0 Å². The SMILES string of the molecule is CCC(Nc1c(Nc2cccc(C(=O)N(C)C)c2O)c(=O)[nH][nH]c1=O)c1cccs1. The van der Waals surface area contributed by atoms with Crippen molar-refractivity contribution in [2.45, 2.75) is 19.4 Å². The summed E-state index contributed by atoms with van der Waals surface area (Å²) in [5.41, 5.74) is -0.910. The van der Waals surface area contributed by atoms with Crippen molar-refractivity contribution >= 4 is 34.3 Å². The zero-order valence-electron chi connectivity index (χ0n) is 16.8. The molecule has 0 aliphatic carbocycles. The number of phenols is 1. The Hall–Kier alpha value is -3.53. The number of rotatable bonds is 7. The fraction of sp³-hybridized carbons (Fsp3) is 0.250. The molecule has 5 N–H and O–H groups in total. The van der Waals surface area contributed by atoms with Crippen LogP contribution < -0.4 is 21.8 Å². The first kappa shape index (κ1) is 21.2. The van der Waals surface area contributed by atoms with Crippen LogP contribution in [0, 0.1) is 0 Å². The minimum atomic E-state index is -0.582. The lowest BCUT2D eigenvalue weighted by atomic mass is 10.1. The van der Waals surface area contributed by atoms with Crippen LogP contribution in [-0.2, 0) is 0 Å². The number of thiophene rings is 1. The number of hydrogen-bond donors (Lipinski definition) is 5. The van der Waals surface area contributed by atoms with Gasteiger partial charge in [0.15, 0.2) is 5.75 Å². The Bertz CT molecular complexity index is 1150. The number of hydrogen-bond acceptors (Lipinski definition) is 7. The Morgan fingerprint density at radius 3 is 2.43 bits per heavy atom. The molecule has 10 heteroatoms. The molecule has 1 aromatic carbocycles. The summed E-state index contributed by atoms with van der Waals surface area (Å²) in [7, 11) is 3.14. The van der Waals surface area contributed by atoms with Crippen LogP contribution in [0.5, 0.6) is 5.75 Å². The van der Waals surface area contributed by atoms with Gasteiger partial charge < -0.3 is 20.6 Å². The number of aromatic amines is 2. The molecule has 9 nitrogen and oxygen atoms in total. The molecule has 0 saturated carbocycles. The number of H-pyrrole nitrogens is 2. The van der Waals surface area contributed by atoms with E-state index in [2.05, 4.69) is 20.8 Å². The number of carbonyl (C=O) groups excluding carboxylic acids is 1. The zero-order chi connectivity index (χ0) is 21.8. The maximum atomic E-state index is 12.5. The van der Waals surface area contributed by atoms with Crippen LogP contribution in [0.2, 0.25) is 0 Å². The van der Waals surface area contributed by atoms with Crippen LogP contribution in [0.3, 0.4) is 0 Å². The van der Waals surface area contributed by atoms with E-state index in [1.165, 1.54) is 17.0 Å². The molecule has 1 unspecified atom stereocenters. The van der Waals surface area contributed by atoms with E-state index in [4.69, 9.17) is 0 Å². The average molecular weight is 430 g/mol. The fourth-order valence-corrected chi connectivity index (χ4v) is 3.81. The van der Waals surface area contributed by atoms with Crippen LogP contribution >= 0.6 is 11.3 Å². The molecule has 158 valence electrons. The van der Waals surface area contributed by atoms with E-state index in [1.54, 1.807) is 31.5 Å². The van der Waals surface area contributed by atoms with Crippen molar-refractivity contribution in [3.63, 3.8) is 0 Å². The lowest BCUT2D eigenvalue weighted by molar-refractivity contribution is 0.0824. The summed E-state index contributed by atoms with van der Waals surface area (Å²) in [4.78, 5) is 39.6. The molecule has 0 fully saturated rings. The molecule has 3 aromatic rings. The van der Waals surface area contributed by atoms with Crippen molar-refractivity contribution in [3.05, 3.63) is 66.9 Å². The number of anilines is 3. The van der Waals surface area contributed by atoms with Gasteiger partial charge in [-0.1, -0.05) is 19.1 Å². The van der Waals surface area contributed by atoms with Gasteiger partial charge in [-0.3, -0.25) is 24.6 Å². The number of phenolic OH excluding ortho intramolecular Hbond substituents is 1. The smallest absolute Gasteiger partial charge is 0.288 e. The average Bonchev–Trinajstić information content (AvgIpc) is 3.25. The molecular formula is C20H23N5O4S. The summed E-state index contributed by atoms with van der Waals surface area (Å²) in [5.74, 6) is -0.704. The third kappa shape index (κ3) is 4.23. The Kier molecular flexibility index (Phi) is 6.26. The second kappa shape index (κ2) is 8.87. The van der Waals surface area contributed by atoms with E-state index in [9.17, 15) is 19.5 Å². The first-order valence-electron chi connectivity index (χ1n) is 9.29. The molecule has 30 heavy (non-hydrogen) atoms. The second-order valence-corrected chi connectivity index (χ2v) is 7.78. The highest BCUT2D eigenvalue weighted by atomic mass is 32.1. The topological polar surface area (TPSA) is 130 Å². The molecule has 0 saturated heterocycles. The summed E-state index contributed by atoms with van der Waals surface area (Å²) in [6.07, 6.45) is 0.685. The Morgan fingerprint density at radius 2 is 1.83 bits per heavy atom. The van der Waals surface area contributed by atoms with Crippen LogP contribution in [0.15, 0.2) is 45.3 Å². The van der Waals surface area contributed by atoms with E-state index >= 15 is 0 Å². The highest BCUT2D eigenvalue weighted by Crippen LogP contribution is 2.32. The number of benzene rings is 1. The number of para-hydroxylation sites is 1.